The first-order valence-corrected chi connectivity index (χ1v) is 8.12. The second-order valence-corrected chi connectivity index (χ2v) is 5.73. The minimum Gasteiger partial charge on any atom is -0.497 e. The summed E-state index contributed by atoms with van der Waals surface area (Å²) in [5.41, 5.74) is 1.89. The maximum Gasteiger partial charge on any atom is 0.267 e. The molecular weight excluding hydrogens is 330 g/mol. The van der Waals surface area contributed by atoms with Crippen molar-refractivity contribution in [3.05, 3.63) is 77.1 Å². The SMILES string of the molecule is COc1ccc(-c2ccc(=O)n(CC(=O)N(C)c3ccccc3)n2)cc1. The second kappa shape index (κ2) is 7.65. The fraction of sp³-hybridized carbons (Fsp3) is 0.150. The average Bonchev–Trinajstić information content (AvgIpc) is 2.69. The van der Waals surface area contributed by atoms with Gasteiger partial charge in [-0.1, -0.05) is 18.2 Å². The minimum absolute atomic E-state index is 0.131. The maximum atomic E-state index is 12.5. The van der Waals surface area contributed by atoms with Gasteiger partial charge in [-0.25, -0.2) is 4.68 Å². The summed E-state index contributed by atoms with van der Waals surface area (Å²) in [4.78, 5) is 26.1. The molecule has 6 nitrogen and oxygen atoms in total. The number of benzene rings is 2. The number of hydrogen-bond donors (Lipinski definition) is 0. The van der Waals surface area contributed by atoms with Gasteiger partial charge in [0.2, 0.25) is 5.91 Å². The number of amides is 1. The summed E-state index contributed by atoms with van der Waals surface area (Å²) in [5.74, 6) is 0.513. The Bertz CT molecular complexity index is 950. The van der Waals surface area contributed by atoms with Gasteiger partial charge < -0.3 is 9.64 Å². The molecule has 0 N–H and O–H groups in total. The molecule has 1 heterocycles. The van der Waals surface area contributed by atoms with Crippen molar-refractivity contribution in [2.75, 3.05) is 19.1 Å². The van der Waals surface area contributed by atoms with Crippen molar-refractivity contribution < 1.29 is 9.53 Å². The first kappa shape index (κ1) is 17.4. The normalized spacial score (nSPS) is 10.4. The first-order valence-electron chi connectivity index (χ1n) is 8.12. The highest BCUT2D eigenvalue weighted by Crippen LogP contribution is 2.19. The minimum atomic E-state index is -0.322. The molecule has 1 amide bonds. The molecule has 0 fully saturated rings. The number of methoxy groups -OCH3 is 1. The Hall–Kier alpha value is -3.41. The molecule has 132 valence electrons. The van der Waals surface area contributed by atoms with Crippen LogP contribution in [0, 0.1) is 0 Å². The largest absolute Gasteiger partial charge is 0.497 e. The van der Waals surface area contributed by atoms with Gasteiger partial charge in [0.05, 0.1) is 12.8 Å². The van der Waals surface area contributed by atoms with Crippen LogP contribution in [-0.2, 0) is 11.3 Å². The van der Waals surface area contributed by atoms with E-state index in [1.165, 1.54) is 15.6 Å². The number of para-hydroxylation sites is 1. The van der Waals surface area contributed by atoms with Crippen molar-refractivity contribution in [3.63, 3.8) is 0 Å². The van der Waals surface area contributed by atoms with E-state index in [2.05, 4.69) is 5.10 Å². The van der Waals surface area contributed by atoms with Gasteiger partial charge in [-0.2, -0.15) is 5.10 Å². The summed E-state index contributed by atoms with van der Waals surface area (Å²) in [5, 5.41) is 4.33. The van der Waals surface area contributed by atoms with Gasteiger partial charge in [0, 0.05) is 24.4 Å². The highest BCUT2D eigenvalue weighted by molar-refractivity contribution is 5.92. The molecule has 3 rings (SSSR count). The van der Waals surface area contributed by atoms with Crippen LogP contribution in [0.15, 0.2) is 71.5 Å². The van der Waals surface area contributed by atoms with Crippen molar-refractivity contribution >= 4 is 11.6 Å². The van der Waals surface area contributed by atoms with Crippen LogP contribution in [-0.4, -0.2) is 29.8 Å². The average molecular weight is 349 g/mol. The van der Waals surface area contributed by atoms with E-state index in [0.717, 1.165) is 17.0 Å². The second-order valence-electron chi connectivity index (χ2n) is 5.73. The summed E-state index contributed by atoms with van der Waals surface area (Å²) < 4.78 is 6.33. The van der Waals surface area contributed by atoms with Crippen molar-refractivity contribution in [1.29, 1.82) is 0 Å². The molecule has 3 aromatic rings. The molecule has 0 saturated carbocycles. The summed E-state index contributed by atoms with van der Waals surface area (Å²) in [6, 6.07) is 19.7. The predicted molar refractivity (Wildman–Crippen MR) is 100 cm³/mol. The lowest BCUT2D eigenvalue weighted by Gasteiger charge is -2.17. The van der Waals surface area contributed by atoms with E-state index in [9.17, 15) is 9.59 Å². The lowest BCUT2D eigenvalue weighted by atomic mass is 10.1. The highest BCUT2D eigenvalue weighted by Gasteiger charge is 2.13. The highest BCUT2D eigenvalue weighted by atomic mass is 16.5. The van der Waals surface area contributed by atoms with Crippen LogP contribution in [0.2, 0.25) is 0 Å². The molecule has 0 unspecified atom stereocenters. The van der Waals surface area contributed by atoms with Gasteiger partial charge in [0.15, 0.2) is 0 Å². The number of carbonyl (C=O) groups excluding carboxylic acids is 1. The van der Waals surface area contributed by atoms with Crippen LogP contribution in [0.5, 0.6) is 5.75 Å². The zero-order valence-corrected chi connectivity index (χ0v) is 14.6. The van der Waals surface area contributed by atoms with E-state index < -0.39 is 0 Å². The molecule has 0 bridgehead atoms. The molecule has 0 saturated heterocycles. The van der Waals surface area contributed by atoms with Crippen LogP contribution >= 0.6 is 0 Å². The molecule has 0 aliphatic heterocycles. The summed E-state index contributed by atoms with van der Waals surface area (Å²) in [6.07, 6.45) is 0. The topological polar surface area (TPSA) is 64.4 Å². The van der Waals surface area contributed by atoms with Gasteiger partial charge in [0.25, 0.3) is 5.56 Å². The van der Waals surface area contributed by atoms with Gasteiger partial charge in [-0.3, -0.25) is 9.59 Å². The van der Waals surface area contributed by atoms with E-state index >= 15 is 0 Å². The number of ether oxygens (including phenoxy) is 1. The number of nitrogens with zero attached hydrogens (tertiary/aromatic N) is 3. The quantitative estimate of drug-likeness (QED) is 0.710. The molecule has 0 aliphatic carbocycles. The van der Waals surface area contributed by atoms with Gasteiger partial charge in [-0.05, 0) is 42.5 Å². The third-order valence-electron chi connectivity index (χ3n) is 4.06. The molecule has 26 heavy (non-hydrogen) atoms. The molecule has 0 atom stereocenters. The number of hydrogen-bond acceptors (Lipinski definition) is 4. The Morgan fingerprint density at radius 2 is 1.73 bits per heavy atom. The third-order valence-corrected chi connectivity index (χ3v) is 4.06. The zero-order chi connectivity index (χ0) is 18.5. The Kier molecular flexibility index (Phi) is 5.12. The number of likely N-dealkylation sites (N-methyl/N-ethyl adjacent to an activating group) is 1. The van der Waals surface area contributed by atoms with Crippen LogP contribution in [0.4, 0.5) is 5.69 Å². The lowest BCUT2D eigenvalue weighted by molar-refractivity contribution is -0.119. The Morgan fingerprint density at radius 3 is 2.38 bits per heavy atom. The third kappa shape index (κ3) is 3.80. The lowest BCUT2D eigenvalue weighted by Crippen LogP contribution is -2.34. The fourth-order valence-corrected chi connectivity index (χ4v) is 2.51. The number of rotatable bonds is 5. The van der Waals surface area contributed by atoms with E-state index in [0.29, 0.717) is 5.69 Å². The Morgan fingerprint density at radius 1 is 1.04 bits per heavy atom. The Balaban J connectivity index is 1.83. The number of anilines is 1. The maximum absolute atomic E-state index is 12.5. The van der Waals surface area contributed by atoms with Crippen LogP contribution in [0.1, 0.15) is 0 Å². The first-order chi connectivity index (χ1) is 12.6. The fourth-order valence-electron chi connectivity index (χ4n) is 2.51. The van der Waals surface area contributed by atoms with Crippen molar-refractivity contribution in [2.45, 2.75) is 6.54 Å². The van der Waals surface area contributed by atoms with Crippen LogP contribution in [0.3, 0.4) is 0 Å². The van der Waals surface area contributed by atoms with E-state index in [4.69, 9.17) is 4.74 Å². The van der Waals surface area contributed by atoms with E-state index in [-0.39, 0.29) is 18.0 Å². The van der Waals surface area contributed by atoms with E-state index in [1.54, 1.807) is 20.2 Å². The van der Waals surface area contributed by atoms with Gasteiger partial charge in [0.1, 0.15) is 12.3 Å². The summed E-state index contributed by atoms with van der Waals surface area (Å²) in [6.45, 7) is -0.131. The van der Waals surface area contributed by atoms with Crippen molar-refractivity contribution in [3.8, 4) is 17.0 Å². The monoisotopic (exact) mass is 349 g/mol. The molecular formula is C20H19N3O3. The molecule has 0 spiro atoms. The van der Waals surface area contributed by atoms with Crippen LogP contribution < -0.4 is 15.2 Å². The van der Waals surface area contributed by atoms with Crippen molar-refractivity contribution in [2.24, 2.45) is 0 Å². The molecule has 0 aliphatic rings. The molecule has 6 heteroatoms. The summed E-state index contributed by atoms with van der Waals surface area (Å²) >= 11 is 0. The van der Waals surface area contributed by atoms with Gasteiger partial charge >= 0.3 is 0 Å². The van der Waals surface area contributed by atoms with Gasteiger partial charge in [-0.15, -0.1) is 0 Å². The smallest absolute Gasteiger partial charge is 0.267 e. The molecule has 2 aromatic carbocycles. The Labute approximate surface area is 151 Å². The standard InChI is InChI=1S/C20H19N3O3/c1-22(16-6-4-3-5-7-16)20(25)14-23-19(24)13-12-18(21-23)15-8-10-17(26-2)11-9-15/h3-13H,14H2,1-2H3. The number of carbonyl (C=O) groups is 1. The zero-order valence-electron chi connectivity index (χ0n) is 14.6. The van der Waals surface area contributed by atoms with Crippen LogP contribution in [0.25, 0.3) is 11.3 Å². The number of aromatic nitrogens is 2. The summed E-state index contributed by atoms with van der Waals surface area (Å²) in [7, 11) is 3.28. The molecule has 0 radical (unpaired) electrons. The predicted octanol–water partition coefficient (Wildman–Crippen LogP) is 2.58. The van der Waals surface area contributed by atoms with E-state index in [1.807, 2.05) is 54.6 Å². The van der Waals surface area contributed by atoms with Crippen molar-refractivity contribution in [1.82, 2.24) is 9.78 Å². The molecule has 1 aromatic heterocycles.